The van der Waals surface area contributed by atoms with Gasteiger partial charge in [0, 0.05) is 74.3 Å². The van der Waals surface area contributed by atoms with Gasteiger partial charge in [-0.2, -0.15) is 42.1 Å². The van der Waals surface area contributed by atoms with Crippen molar-refractivity contribution in [1.29, 1.82) is 0 Å². The van der Waals surface area contributed by atoms with Gasteiger partial charge in [0.05, 0.1) is 41.5 Å². The molecule has 6 aromatic rings. The first kappa shape index (κ1) is 55.1. The van der Waals surface area contributed by atoms with Gasteiger partial charge in [0.15, 0.2) is 0 Å². The van der Waals surface area contributed by atoms with Crippen molar-refractivity contribution in [3.8, 4) is 0 Å². The lowest BCUT2D eigenvalue weighted by atomic mass is 10.1. The summed E-state index contributed by atoms with van der Waals surface area (Å²) < 4.78 is 188. The number of anilines is 4. The van der Waals surface area contributed by atoms with E-state index in [1.807, 2.05) is 0 Å². The molecule has 0 radical (unpaired) electrons. The van der Waals surface area contributed by atoms with Gasteiger partial charge in [-0.25, -0.2) is 10.1 Å². The van der Waals surface area contributed by atoms with E-state index in [2.05, 4.69) is 30.6 Å². The van der Waals surface area contributed by atoms with Crippen molar-refractivity contribution in [2.24, 2.45) is 0 Å². The summed E-state index contributed by atoms with van der Waals surface area (Å²) in [4.78, 5) is 35.6. The zero-order chi connectivity index (χ0) is 53.3. The number of nitrogens with one attached hydrogen (secondary N) is 4. The van der Waals surface area contributed by atoms with Gasteiger partial charge in [0.25, 0.3) is 62.4 Å². The molecule has 0 aliphatic carbocycles. The topological polar surface area (TPSA) is 428 Å². The normalized spacial score (nSPS) is 12.4. The molecule has 33 heteroatoms. The third-order valence-corrected chi connectivity index (χ3v) is 14.9. The van der Waals surface area contributed by atoms with Crippen LogP contribution in [0.4, 0.5) is 27.5 Å². The van der Waals surface area contributed by atoms with Crippen LogP contribution in [0.5, 0.6) is 0 Å². The molecule has 0 aromatic heterocycles. The Morgan fingerprint density at radius 1 is 0.486 bits per heavy atom. The van der Waals surface area contributed by atoms with Crippen LogP contribution in [-0.2, 0) is 82.7 Å². The van der Waals surface area contributed by atoms with Gasteiger partial charge in [0.2, 0.25) is 0 Å². The summed E-state index contributed by atoms with van der Waals surface area (Å²) in [5, 5.41) is 19.0. The van der Waals surface area contributed by atoms with Crippen LogP contribution in [0.2, 0.25) is 0 Å². The summed E-state index contributed by atoms with van der Waals surface area (Å²) >= 11 is 0.170. The Hall–Kier alpha value is -6.25. The van der Waals surface area contributed by atoms with E-state index >= 15 is 0 Å². The smallest absolute Gasteiger partial charge is 0.323 e. The number of carbonyl (C=O) groups excluding carboxylic acids is 3. The van der Waals surface area contributed by atoms with Crippen molar-refractivity contribution in [2.75, 3.05) is 35.5 Å². The standard InChI is InChI=1S/C39H34N4O23S6/c1-63-17-21-5-3-19(37(44)40-27-7-9-31(69(51,52)53)25-13-23(67-66-65-47)14-33(35(25)27)71(57,58)59)11-29(21)42-39(46)43-30-12-20(4-6-22(30)18-64-2)38(45)41-28-8-10-32(70(54,55)56)26-15-24(68(48,49)50)16-34(36(26)28)72(60,61)62/h3-16,47H,17-18H2,1-2H3,(H,40,44)(H,41,45)(H2,42,43,46)(H,48,49,50)(H,51,52,53)(H,54,55,56)(H,57,58,59)(H,60,61,62). The number of hydrogen-bond donors (Lipinski definition) is 10. The predicted octanol–water partition coefficient (Wildman–Crippen LogP) is 5.10. The Morgan fingerprint density at radius 3 is 1.29 bits per heavy atom. The lowest BCUT2D eigenvalue weighted by Gasteiger charge is -2.17. The molecule has 0 heterocycles. The summed E-state index contributed by atoms with van der Waals surface area (Å²) in [6.07, 6.45) is 0. The van der Waals surface area contributed by atoms with Crippen LogP contribution in [0.3, 0.4) is 0 Å². The number of urea groups is 1. The molecule has 0 saturated carbocycles. The maximum Gasteiger partial charge on any atom is 0.323 e. The van der Waals surface area contributed by atoms with Gasteiger partial charge >= 0.3 is 6.03 Å². The summed E-state index contributed by atoms with van der Waals surface area (Å²) in [6.45, 7) is -0.342. The third-order valence-electron chi connectivity index (χ3n) is 9.93. The van der Waals surface area contributed by atoms with Crippen molar-refractivity contribution in [3.63, 3.8) is 0 Å². The van der Waals surface area contributed by atoms with E-state index in [1.165, 1.54) is 38.5 Å². The molecule has 10 N–H and O–H groups in total. The van der Waals surface area contributed by atoms with Crippen molar-refractivity contribution in [3.05, 3.63) is 107 Å². The number of methoxy groups -OCH3 is 2. The highest BCUT2D eigenvalue weighted by atomic mass is 32.2. The van der Waals surface area contributed by atoms with Crippen LogP contribution in [0.25, 0.3) is 21.5 Å². The molecule has 6 rings (SSSR count). The number of carbonyl (C=O) groups is 3. The summed E-state index contributed by atoms with van der Waals surface area (Å²) in [5.41, 5.74) is -1.14. The van der Waals surface area contributed by atoms with Gasteiger partial charge in [-0.3, -0.25) is 32.4 Å². The highest BCUT2D eigenvalue weighted by molar-refractivity contribution is 7.94. The lowest BCUT2D eigenvalue weighted by molar-refractivity contribution is -0.432. The number of amides is 4. The second-order valence-electron chi connectivity index (χ2n) is 14.6. The molecule has 72 heavy (non-hydrogen) atoms. The Morgan fingerprint density at radius 2 is 0.903 bits per heavy atom. The molecule has 0 aliphatic heterocycles. The molecule has 384 valence electrons. The second kappa shape index (κ2) is 21.1. The molecule has 0 fully saturated rings. The van der Waals surface area contributed by atoms with Gasteiger partial charge in [-0.05, 0) is 72.8 Å². The third kappa shape index (κ3) is 12.5. The van der Waals surface area contributed by atoms with Gasteiger partial charge in [-0.1, -0.05) is 17.2 Å². The molecule has 27 nitrogen and oxygen atoms in total. The quantitative estimate of drug-likeness (QED) is 0.0232. The minimum Gasteiger partial charge on any atom is -0.380 e. The zero-order valence-corrected chi connectivity index (χ0v) is 41.0. The van der Waals surface area contributed by atoms with Gasteiger partial charge in [-0.15, -0.1) is 4.33 Å². The van der Waals surface area contributed by atoms with E-state index in [-0.39, 0.29) is 69.8 Å². The highest BCUT2D eigenvalue weighted by Gasteiger charge is 2.29. The van der Waals surface area contributed by atoms with Crippen LogP contribution < -0.4 is 21.3 Å². The van der Waals surface area contributed by atoms with Crippen LogP contribution in [0, 0.1) is 0 Å². The fourth-order valence-electron chi connectivity index (χ4n) is 7.00. The maximum atomic E-state index is 13.8. The van der Waals surface area contributed by atoms with E-state index in [1.54, 1.807) is 0 Å². The fraction of sp³-hybridized carbons (Fsp3) is 0.103. The molecule has 0 unspecified atom stereocenters. The summed E-state index contributed by atoms with van der Waals surface area (Å²) in [6, 6.07) is 12.1. The number of hydrogen-bond acceptors (Lipinski definition) is 19. The monoisotopic (exact) mass is 1120 g/mol. The first-order chi connectivity index (χ1) is 33.5. The minimum absolute atomic E-state index is 0.0748. The average Bonchev–Trinajstić information content (AvgIpc) is 3.27. The average molecular weight is 1120 g/mol. The highest BCUT2D eigenvalue weighted by Crippen LogP contribution is 2.40. The SMILES string of the molecule is COCc1ccc(C(=O)Nc2ccc(S(=O)(=O)O)c3cc(SOOO)cc(S(=O)(=O)O)c23)cc1NC(=O)Nc1cc(C(=O)Nc2ccc(S(=O)(=O)O)c3cc(S(=O)(=O)O)cc(S(=O)(=O)O)c23)ccc1COC. The fourth-order valence-corrected chi connectivity index (χ4v) is 11.0. The zero-order valence-electron chi connectivity index (χ0n) is 36.1. The number of fused-ring (bicyclic) bond motifs is 2. The Bertz CT molecular complexity index is 3820. The molecule has 0 saturated heterocycles. The first-order valence-corrected chi connectivity index (χ1v) is 27.1. The Kier molecular flexibility index (Phi) is 16.1. The first-order valence-electron chi connectivity index (χ1n) is 19.1. The van der Waals surface area contributed by atoms with Crippen molar-refractivity contribution in [1.82, 2.24) is 0 Å². The summed E-state index contributed by atoms with van der Waals surface area (Å²) in [5.74, 6) is -2.09. The molecule has 4 amide bonds. The maximum absolute atomic E-state index is 13.8. The molecular weight excluding hydrogens is 1080 g/mol. The lowest BCUT2D eigenvalue weighted by Crippen LogP contribution is -2.22. The number of ether oxygens (including phenoxy) is 2. The predicted molar refractivity (Wildman–Crippen MR) is 250 cm³/mol. The van der Waals surface area contributed by atoms with Crippen LogP contribution >= 0.6 is 12.0 Å². The van der Waals surface area contributed by atoms with Crippen LogP contribution in [-0.4, -0.2) is 102 Å². The second-order valence-corrected chi connectivity index (χ2v) is 22.4. The van der Waals surface area contributed by atoms with Crippen molar-refractivity contribution >= 4 is 125 Å². The van der Waals surface area contributed by atoms with E-state index in [4.69, 9.17) is 14.7 Å². The Balaban J connectivity index is 1.34. The number of rotatable bonds is 18. The van der Waals surface area contributed by atoms with E-state index in [9.17, 15) is 79.2 Å². The molecular formula is C39H34N4O23S6. The number of benzene rings is 6. The van der Waals surface area contributed by atoms with E-state index in [0.29, 0.717) is 12.1 Å². The molecule has 0 bridgehead atoms. The van der Waals surface area contributed by atoms with Crippen LogP contribution in [0.1, 0.15) is 31.8 Å². The minimum atomic E-state index is -5.48. The van der Waals surface area contributed by atoms with Gasteiger partial charge in [0.1, 0.15) is 19.6 Å². The summed E-state index contributed by atoms with van der Waals surface area (Å²) in [7, 11) is -23.8. The molecule has 0 atom stereocenters. The van der Waals surface area contributed by atoms with E-state index in [0.717, 1.165) is 42.5 Å². The van der Waals surface area contributed by atoms with Gasteiger partial charge < -0.3 is 30.7 Å². The molecule has 0 spiro atoms. The molecule has 6 aromatic carbocycles. The largest absolute Gasteiger partial charge is 0.380 e. The van der Waals surface area contributed by atoms with E-state index < -0.39 is 126 Å². The van der Waals surface area contributed by atoms with Crippen molar-refractivity contribution in [2.45, 2.75) is 42.6 Å². The molecule has 0 aliphatic rings. The van der Waals surface area contributed by atoms with Crippen molar-refractivity contribution < 1.29 is 103 Å². The Labute approximate surface area is 411 Å². The van der Waals surface area contributed by atoms with Crippen LogP contribution in [0.15, 0.2) is 114 Å².